The Balaban J connectivity index is 1.08. The van der Waals surface area contributed by atoms with Crippen LogP contribution in [0.4, 0.5) is 0 Å². The van der Waals surface area contributed by atoms with Gasteiger partial charge >= 0.3 is 0 Å². The molecule has 6 nitrogen and oxygen atoms in total. The van der Waals surface area contributed by atoms with Crippen molar-refractivity contribution in [1.82, 2.24) is 19.1 Å². The van der Waals surface area contributed by atoms with E-state index in [1.807, 2.05) is 30.1 Å². The molecule has 0 aliphatic carbocycles. The second kappa shape index (κ2) is 9.40. The molecule has 5 rings (SSSR count). The number of nitrogens with one attached hydrogen (secondary N) is 1. The summed E-state index contributed by atoms with van der Waals surface area (Å²) in [5.74, 6) is 1.11. The van der Waals surface area contributed by atoms with Crippen LogP contribution in [0.15, 0.2) is 29.1 Å². The zero-order chi connectivity index (χ0) is 20.3. The topological polar surface area (TPSA) is 51.8 Å². The fraction of sp³-hybridized carbons (Fsp3) is 0.609. The van der Waals surface area contributed by atoms with Crippen LogP contribution < -0.4 is 5.56 Å². The third-order valence-electron chi connectivity index (χ3n) is 6.70. The Morgan fingerprint density at radius 3 is 2.67 bits per heavy atom. The minimum absolute atomic E-state index is 0.0390. The van der Waals surface area contributed by atoms with Gasteiger partial charge in [0.15, 0.2) is 0 Å². The molecule has 0 saturated carbocycles. The molecule has 162 valence electrons. The SMILES string of the molecule is O=c1[nH]c2c(c3ccccc13)CCN(SCCN1CCN(CC3CCCO3)CC1)C2. The molecule has 3 aliphatic rings. The van der Waals surface area contributed by atoms with Gasteiger partial charge in [0.1, 0.15) is 0 Å². The molecule has 4 heterocycles. The summed E-state index contributed by atoms with van der Waals surface area (Å²) in [5, 5.41) is 1.94. The normalized spacial score (nSPS) is 23.8. The van der Waals surface area contributed by atoms with Crippen LogP contribution >= 0.6 is 11.9 Å². The average Bonchev–Trinajstić information content (AvgIpc) is 3.28. The van der Waals surface area contributed by atoms with Gasteiger partial charge in [-0.05, 0) is 36.3 Å². The molecule has 1 atom stereocenters. The molecule has 1 unspecified atom stereocenters. The number of ether oxygens (including phenoxy) is 1. The van der Waals surface area contributed by atoms with E-state index in [0.29, 0.717) is 6.10 Å². The molecule has 0 bridgehead atoms. The second-order valence-electron chi connectivity index (χ2n) is 8.68. The highest BCUT2D eigenvalue weighted by atomic mass is 32.2. The molecule has 0 amide bonds. The van der Waals surface area contributed by atoms with Crippen LogP contribution in [0.25, 0.3) is 10.8 Å². The molecule has 0 spiro atoms. The second-order valence-corrected chi connectivity index (χ2v) is 9.86. The number of H-pyrrole nitrogens is 1. The van der Waals surface area contributed by atoms with Crippen molar-refractivity contribution in [3.63, 3.8) is 0 Å². The van der Waals surface area contributed by atoms with Crippen molar-refractivity contribution in [2.45, 2.75) is 31.9 Å². The summed E-state index contributed by atoms with van der Waals surface area (Å²) in [5.41, 5.74) is 2.46. The van der Waals surface area contributed by atoms with Crippen molar-refractivity contribution in [1.29, 1.82) is 0 Å². The van der Waals surface area contributed by atoms with E-state index in [-0.39, 0.29) is 5.56 Å². The van der Waals surface area contributed by atoms with Crippen molar-refractivity contribution in [2.24, 2.45) is 0 Å². The van der Waals surface area contributed by atoms with Crippen molar-refractivity contribution in [2.75, 3.05) is 58.2 Å². The largest absolute Gasteiger partial charge is 0.377 e. The lowest BCUT2D eigenvalue weighted by molar-refractivity contribution is 0.0517. The summed E-state index contributed by atoms with van der Waals surface area (Å²) in [4.78, 5) is 20.7. The van der Waals surface area contributed by atoms with Crippen LogP contribution in [-0.2, 0) is 17.7 Å². The van der Waals surface area contributed by atoms with Crippen LogP contribution in [0.2, 0.25) is 0 Å². The van der Waals surface area contributed by atoms with Gasteiger partial charge in [-0.3, -0.25) is 14.6 Å². The Morgan fingerprint density at radius 2 is 1.87 bits per heavy atom. The maximum Gasteiger partial charge on any atom is 0.256 e. The molecule has 30 heavy (non-hydrogen) atoms. The lowest BCUT2D eigenvalue weighted by atomic mass is 9.99. The smallest absolute Gasteiger partial charge is 0.256 e. The number of benzene rings is 1. The minimum atomic E-state index is 0.0390. The van der Waals surface area contributed by atoms with Gasteiger partial charge in [0, 0.05) is 75.8 Å². The molecule has 2 fully saturated rings. The Hall–Kier alpha value is -1.38. The van der Waals surface area contributed by atoms with Crippen LogP contribution in [0, 0.1) is 0 Å². The Bertz CT molecular complexity index is 919. The van der Waals surface area contributed by atoms with E-state index >= 15 is 0 Å². The fourth-order valence-corrected chi connectivity index (χ4v) is 6.02. The zero-order valence-electron chi connectivity index (χ0n) is 17.6. The highest BCUT2D eigenvalue weighted by molar-refractivity contribution is 7.97. The van der Waals surface area contributed by atoms with Gasteiger partial charge in [-0.15, -0.1) is 0 Å². The van der Waals surface area contributed by atoms with E-state index in [0.717, 1.165) is 87.6 Å². The number of hydrogen-bond acceptors (Lipinski definition) is 6. The zero-order valence-corrected chi connectivity index (χ0v) is 18.5. The van der Waals surface area contributed by atoms with Gasteiger partial charge in [-0.1, -0.05) is 30.1 Å². The molecule has 2 aromatic rings. The van der Waals surface area contributed by atoms with Gasteiger partial charge in [0.25, 0.3) is 5.56 Å². The summed E-state index contributed by atoms with van der Waals surface area (Å²) in [7, 11) is 0. The lowest BCUT2D eigenvalue weighted by Crippen LogP contribution is -2.49. The lowest BCUT2D eigenvalue weighted by Gasteiger charge is -2.36. The summed E-state index contributed by atoms with van der Waals surface area (Å²) < 4.78 is 8.20. The Kier molecular flexibility index (Phi) is 6.43. The first-order valence-electron chi connectivity index (χ1n) is 11.3. The standard InChI is InChI=1S/C23H32N4O2S/c28-23-21-6-2-1-5-19(21)20-7-8-27(17-22(20)24-23)30-15-13-25-9-11-26(12-10-25)16-18-4-3-14-29-18/h1-2,5-6,18H,3-4,7-17H2,(H,24,28). The third-order valence-corrected chi connectivity index (χ3v) is 7.75. The van der Waals surface area contributed by atoms with E-state index in [2.05, 4.69) is 25.2 Å². The summed E-state index contributed by atoms with van der Waals surface area (Å²) in [6.07, 6.45) is 3.93. The first kappa shape index (κ1) is 20.5. The number of fused-ring (bicyclic) bond motifs is 3. The van der Waals surface area contributed by atoms with Crippen LogP contribution in [0.1, 0.15) is 24.1 Å². The van der Waals surface area contributed by atoms with Crippen LogP contribution in [-0.4, -0.2) is 83.4 Å². The summed E-state index contributed by atoms with van der Waals surface area (Å²) in [6.45, 7) is 9.72. The number of nitrogens with zero attached hydrogens (tertiary/aromatic N) is 3. The predicted octanol–water partition coefficient (Wildman–Crippen LogP) is 2.33. The van der Waals surface area contributed by atoms with E-state index < -0.39 is 0 Å². The fourth-order valence-electron chi connectivity index (χ4n) is 4.98. The van der Waals surface area contributed by atoms with Gasteiger partial charge in [-0.2, -0.15) is 0 Å². The Morgan fingerprint density at radius 1 is 1.07 bits per heavy atom. The van der Waals surface area contributed by atoms with Gasteiger partial charge in [0.2, 0.25) is 0 Å². The van der Waals surface area contributed by atoms with Crippen LogP contribution in [0.3, 0.4) is 0 Å². The number of pyridine rings is 1. The van der Waals surface area contributed by atoms with Gasteiger partial charge < -0.3 is 9.72 Å². The van der Waals surface area contributed by atoms with Gasteiger partial charge in [0.05, 0.1) is 6.10 Å². The summed E-state index contributed by atoms with van der Waals surface area (Å²) >= 11 is 1.93. The van der Waals surface area contributed by atoms with Crippen molar-refractivity contribution >= 4 is 22.7 Å². The third kappa shape index (κ3) is 4.60. The maximum absolute atomic E-state index is 12.4. The van der Waals surface area contributed by atoms with E-state index in [4.69, 9.17) is 4.74 Å². The number of hydrogen-bond donors (Lipinski definition) is 1. The van der Waals surface area contributed by atoms with Crippen LogP contribution in [0.5, 0.6) is 0 Å². The quantitative estimate of drug-likeness (QED) is 0.713. The molecule has 1 N–H and O–H groups in total. The summed E-state index contributed by atoms with van der Waals surface area (Å²) in [6, 6.07) is 7.99. The number of aromatic amines is 1. The molecule has 1 aromatic carbocycles. The highest BCUT2D eigenvalue weighted by Crippen LogP contribution is 2.27. The Labute approximate surface area is 182 Å². The van der Waals surface area contributed by atoms with E-state index in [9.17, 15) is 4.79 Å². The molecular formula is C23H32N4O2S. The van der Waals surface area contributed by atoms with Gasteiger partial charge in [-0.25, -0.2) is 4.31 Å². The van der Waals surface area contributed by atoms with Crippen molar-refractivity contribution in [3.8, 4) is 0 Å². The number of piperazine rings is 1. The maximum atomic E-state index is 12.4. The van der Waals surface area contributed by atoms with Crippen molar-refractivity contribution < 1.29 is 4.74 Å². The molecule has 7 heteroatoms. The molecular weight excluding hydrogens is 396 g/mol. The predicted molar refractivity (Wildman–Crippen MR) is 123 cm³/mol. The molecule has 2 saturated heterocycles. The monoisotopic (exact) mass is 428 g/mol. The number of aromatic nitrogens is 1. The molecule has 3 aliphatic heterocycles. The average molecular weight is 429 g/mol. The minimum Gasteiger partial charge on any atom is -0.377 e. The molecule has 0 radical (unpaired) electrons. The van der Waals surface area contributed by atoms with E-state index in [1.165, 1.54) is 18.4 Å². The first-order valence-corrected chi connectivity index (χ1v) is 12.3. The van der Waals surface area contributed by atoms with Crippen molar-refractivity contribution in [3.05, 3.63) is 45.9 Å². The highest BCUT2D eigenvalue weighted by Gasteiger charge is 2.24. The first-order chi connectivity index (χ1) is 14.8. The van der Waals surface area contributed by atoms with E-state index in [1.54, 1.807) is 0 Å². The molecule has 1 aromatic heterocycles. The number of rotatable bonds is 6.